The van der Waals surface area contributed by atoms with Crippen LogP contribution in [-0.2, 0) is 4.79 Å². The number of carbonyl (C=O) groups excluding carboxylic acids is 1. The summed E-state index contributed by atoms with van der Waals surface area (Å²) in [6.45, 7) is 1.07. The van der Waals surface area contributed by atoms with Crippen LogP contribution in [0.25, 0.3) is 21.8 Å². The van der Waals surface area contributed by atoms with Crippen molar-refractivity contribution in [3.8, 4) is 5.75 Å². The van der Waals surface area contributed by atoms with Crippen LogP contribution in [-0.4, -0.2) is 41.7 Å². The number of halogens is 3. The number of rotatable bonds is 7. The van der Waals surface area contributed by atoms with E-state index in [1.54, 1.807) is 24.1 Å². The minimum atomic E-state index is -0.426. The lowest BCUT2D eigenvalue weighted by molar-refractivity contribution is -0.128. The summed E-state index contributed by atoms with van der Waals surface area (Å²) in [7, 11) is 1.63. The first kappa shape index (κ1) is 24.0. The minimum absolute atomic E-state index is 0.0153. The average molecular weight is 530 g/mol. The van der Waals surface area contributed by atoms with Gasteiger partial charge in [0.1, 0.15) is 16.9 Å². The molecule has 1 amide bonds. The van der Waals surface area contributed by atoms with Crippen molar-refractivity contribution in [3.63, 3.8) is 0 Å². The fourth-order valence-corrected chi connectivity index (χ4v) is 6.13. The number of ether oxygens (including phenoxy) is 1. The lowest BCUT2D eigenvalue weighted by Crippen LogP contribution is -2.30. The summed E-state index contributed by atoms with van der Waals surface area (Å²) in [6.07, 6.45) is 0.664. The van der Waals surface area contributed by atoms with Crippen molar-refractivity contribution >= 4 is 68.4 Å². The number of nitrogens with one attached hydrogen (secondary N) is 1. The van der Waals surface area contributed by atoms with Crippen LogP contribution in [0.5, 0.6) is 5.75 Å². The van der Waals surface area contributed by atoms with E-state index >= 15 is 0 Å². The number of thioether (sulfide) groups is 1. The summed E-state index contributed by atoms with van der Waals surface area (Å²) in [5, 5.41) is 5.94. The molecule has 1 aliphatic rings. The molecule has 0 spiro atoms. The summed E-state index contributed by atoms with van der Waals surface area (Å²) < 4.78 is 19.9. The Balaban J connectivity index is 1.38. The molecule has 0 radical (unpaired) electrons. The number of anilines is 1. The largest absolute Gasteiger partial charge is 0.497 e. The third-order valence-electron chi connectivity index (χ3n) is 6.04. The van der Waals surface area contributed by atoms with Crippen LogP contribution >= 0.6 is 35.0 Å². The lowest BCUT2D eigenvalue weighted by Gasteiger charge is -2.25. The first-order valence-electron chi connectivity index (χ1n) is 11.1. The predicted molar refractivity (Wildman–Crippen MR) is 142 cm³/mol. The summed E-state index contributed by atoms with van der Waals surface area (Å²) in [4.78, 5) is 19.0. The number of aromatic nitrogens is 1. The van der Waals surface area contributed by atoms with Gasteiger partial charge < -0.3 is 15.0 Å². The third-order valence-corrected chi connectivity index (χ3v) is 7.82. The van der Waals surface area contributed by atoms with Crippen LogP contribution in [0.4, 0.5) is 10.1 Å². The number of benzene rings is 3. The van der Waals surface area contributed by atoms with E-state index < -0.39 is 11.2 Å². The molecule has 9 heteroatoms. The Kier molecular flexibility index (Phi) is 6.91. The molecule has 180 valence electrons. The number of hydrogen-bond donors (Lipinski definition) is 1. The summed E-state index contributed by atoms with van der Waals surface area (Å²) in [5.41, 5.74) is 2.91. The summed E-state index contributed by atoms with van der Waals surface area (Å²) >= 11 is 13.9. The molecule has 1 aromatic heterocycles. The Labute approximate surface area is 216 Å². The molecule has 0 aliphatic carbocycles. The van der Waals surface area contributed by atoms with Crippen LogP contribution in [0.3, 0.4) is 0 Å². The van der Waals surface area contributed by atoms with Gasteiger partial charge in [-0.1, -0.05) is 29.3 Å². The van der Waals surface area contributed by atoms with Crippen molar-refractivity contribution in [2.24, 2.45) is 0 Å². The Bertz CT molecular complexity index is 1410. The molecule has 1 unspecified atom stereocenters. The molecule has 4 aromatic rings. The molecular weight excluding hydrogens is 508 g/mol. The van der Waals surface area contributed by atoms with Crippen molar-refractivity contribution < 1.29 is 13.9 Å². The van der Waals surface area contributed by atoms with Gasteiger partial charge in [0.2, 0.25) is 5.91 Å². The van der Waals surface area contributed by atoms with Gasteiger partial charge in [0, 0.05) is 39.5 Å². The topological polar surface area (TPSA) is 54.5 Å². The maximum absolute atomic E-state index is 14.5. The number of methoxy groups -OCH3 is 1. The second-order valence-corrected chi connectivity index (χ2v) is 10.1. The molecule has 3 aromatic carbocycles. The van der Waals surface area contributed by atoms with Crippen LogP contribution in [0.1, 0.15) is 17.4 Å². The van der Waals surface area contributed by atoms with E-state index in [4.69, 9.17) is 32.9 Å². The summed E-state index contributed by atoms with van der Waals surface area (Å²) in [6, 6.07) is 16.0. The molecular formula is C26H22Cl2FN3O2S. The number of amides is 1. The van der Waals surface area contributed by atoms with Gasteiger partial charge in [-0.2, -0.15) is 0 Å². The van der Waals surface area contributed by atoms with Gasteiger partial charge in [-0.25, -0.2) is 9.37 Å². The number of fused-ring (bicyclic) bond motifs is 2. The molecule has 1 saturated heterocycles. The molecule has 5 nitrogen and oxygen atoms in total. The zero-order valence-electron chi connectivity index (χ0n) is 18.9. The minimum Gasteiger partial charge on any atom is -0.497 e. The van der Waals surface area contributed by atoms with Gasteiger partial charge in [-0.05, 0) is 55.0 Å². The van der Waals surface area contributed by atoms with E-state index in [0.717, 1.165) is 33.2 Å². The molecule has 5 rings (SSSR count). The lowest BCUT2D eigenvalue weighted by atomic mass is 10.1. The number of pyridine rings is 1. The van der Waals surface area contributed by atoms with Gasteiger partial charge >= 0.3 is 0 Å². The maximum atomic E-state index is 14.5. The smallest absolute Gasteiger partial charge is 0.233 e. The van der Waals surface area contributed by atoms with Crippen LogP contribution in [0.15, 0.2) is 54.6 Å². The SMILES string of the molecule is COc1ccc2nc3cc(Cl)ccc3c(NCCCN3C(=O)CSC3c3c(F)cccc3Cl)c2c1. The van der Waals surface area contributed by atoms with Gasteiger partial charge in [-0.3, -0.25) is 4.79 Å². The van der Waals surface area contributed by atoms with E-state index in [1.807, 2.05) is 36.4 Å². The molecule has 0 bridgehead atoms. The first-order chi connectivity index (χ1) is 17.0. The molecule has 0 saturated carbocycles. The highest BCUT2D eigenvalue weighted by Crippen LogP contribution is 2.42. The number of hydrogen-bond acceptors (Lipinski definition) is 5. The maximum Gasteiger partial charge on any atom is 0.233 e. The second-order valence-electron chi connectivity index (χ2n) is 8.20. The quantitative estimate of drug-likeness (QED) is 0.208. The van der Waals surface area contributed by atoms with E-state index in [9.17, 15) is 9.18 Å². The third kappa shape index (κ3) is 4.73. The average Bonchev–Trinajstić information content (AvgIpc) is 3.20. The van der Waals surface area contributed by atoms with Crippen molar-refractivity contribution in [1.82, 2.24) is 9.88 Å². The predicted octanol–water partition coefficient (Wildman–Crippen LogP) is 6.92. The number of carbonyl (C=O) groups is 1. The normalized spacial score (nSPS) is 15.8. The van der Waals surface area contributed by atoms with Gasteiger partial charge in [0.25, 0.3) is 0 Å². The monoisotopic (exact) mass is 529 g/mol. The van der Waals surface area contributed by atoms with Crippen LogP contribution in [0.2, 0.25) is 10.0 Å². The van der Waals surface area contributed by atoms with E-state index in [0.29, 0.717) is 40.9 Å². The van der Waals surface area contributed by atoms with Gasteiger partial charge in [0.15, 0.2) is 0 Å². The Morgan fingerprint density at radius 3 is 2.80 bits per heavy atom. The Morgan fingerprint density at radius 1 is 1.14 bits per heavy atom. The van der Waals surface area contributed by atoms with Crippen molar-refractivity contribution in [1.29, 1.82) is 0 Å². The van der Waals surface area contributed by atoms with Crippen LogP contribution < -0.4 is 10.1 Å². The Hall–Kier alpha value is -2.74. The fourth-order valence-electron chi connectivity index (χ4n) is 4.36. The molecule has 35 heavy (non-hydrogen) atoms. The summed E-state index contributed by atoms with van der Waals surface area (Å²) in [5.74, 6) is 0.636. The van der Waals surface area contributed by atoms with E-state index in [1.165, 1.54) is 17.8 Å². The Morgan fingerprint density at radius 2 is 2.00 bits per heavy atom. The highest BCUT2D eigenvalue weighted by atomic mass is 35.5. The van der Waals surface area contributed by atoms with E-state index in [-0.39, 0.29) is 5.91 Å². The zero-order valence-corrected chi connectivity index (χ0v) is 21.2. The van der Waals surface area contributed by atoms with Crippen molar-refractivity contribution in [3.05, 3.63) is 76.0 Å². The molecule has 1 fully saturated rings. The fraction of sp³-hybridized carbons (Fsp3) is 0.231. The molecule has 2 heterocycles. The van der Waals surface area contributed by atoms with Crippen molar-refractivity contribution in [2.45, 2.75) is 11.8 Å². The molecule has 1 N–H and O–H groups in total. The van der Waals surface area contributed by atoms with Crippen LogP contribution in [0, 0.1) is 5.82 Å². The zero-order chi connectivity index (χ0) is 24.5. The second kappa shape index (κ2) is 10.1. The standard InChI is InChI=1S/C26H22Cl2FN3O2S/c1-34-16-7-9-21-18(13-16)25(17-8-6-15(27)12-22(17)31-21)30-10-3-11-32-23(33)14-35-26(32)24-19(28)4-2-5-20(24)29/h2,4-9,12-13,26H,3,10-11,14H2,1H3,(H,30,31). The van der Waals surface area contributed by atoms with Gasteiger partial charge in [-0.15, -0.1) is 11.8 Å². The molecule has 1 atom stereocenters. The molecule has 1 aliphatic heterocycles. The van der Waals surface area contributed by atoms with E-state index in [2.05, 4.69) is 5.32 Å². The van der Waals surface area contributed by atoms with Gasteiger partial charge in [0.05, 0.1) is 29.6 Å². The van der Waals surface area contributed by atoms with Crippen molar-refractivity contribution in [2.75, 3.05) is 31.3 Å². The highest BCUT2D eigenvalue weighted by molar-refractivity contribution is 8.00. The first-order valence-corrected chi connectivity index (χ1v) is 12.9. The highest BCUT2D eigenvalue weighted by Gasteiger charge is 2.35. The number of nitrogens with zero attached hydrogens (tertiary/aromatic N) is 2.